The van der Waals surface area contributed by atoms with Crippen LogP contribution in [0.4, 0.5) is 0 Å². The van der Waals surface area contributed by atoms with Gasteiger partial charge in [-0.25, -0.2) is 0 Å². The smallest absolute Gasteiger partial charge is 0.0750 e. The number of rotatable bonds is 7. The zero-order chi connectivity index (χ0) is 10.1. The number of hydrogen-bond acceptors (Lipinski definition) is 1. The fourth-order valence-corrected chi connectivity index (χ4v) is 1.55. The molecule has 0 radical (unpaired) electrons. The molecule has 1 nitrogen and oxygen atoms in total. The van der Waals surface area contributed by atoms with Gasteiger partial charge in [0.25, 0.3) is 0 Å². The molecule has 0 heterocycles. The van der Waals surface area contributed by atoms with Gasteiger partial charge in [-0.05, 0) is 24.8 Å². The van der Waals surface area contributed by atoms with E-state index in [-0.39, 0.29) is 6.10 Å². The Balaban J connectivity index is 3.77. The fraction of sp³-hybridized carbons (Fsp3) is 0.833. The lowest BCUT2D eigenvalue weighted by atomic mass is 10.0. The molecule has 0 bridgehead atoms. The second kappa shape index (κ2) is 8.31. The lowest BCUT2D eigenvalue weighted by molar-refractivity contribution is 0.192. The average Bonchev–Trinajstić information content (AvgIpc) is 2.14. The molecule has 1 heteroatoms. The molecule has 78 valence electrons. The van der Waals surface area contributed by atoms with Crippen molar-refractivity contribution in [2.24, 2.45) is 0 Å². The largest absolute Gasteiger partial charge is 0.389 e. The molecule has 0 spiro atoms. The molecule has 1 atom stereocenters. The predicted octanol–water partition coefficient (Wildman–Crippen LogP) is 3.67. The molecule has 0 amide bonds. The molecule has 1 N–H and O–H groups in total. The number of unbranched alkanes of at least 4 members (excludes halogenated alkanes) is 2. The summed E-state index contributed by atoms with van der Waals surface area (Å²) in [5.41, 5.74) is 1.22. The minimum atomic E-state index is -0.184. The Labute approximate surface area is 82.9 Å². The van der Waals surface area contributed by atoms with Crippen molar-refractivity contribution in [2.45, 2.75) is 65.4 Å². The Morgan fingerprint density at radius 3 is 2.38 bits per heavy atom. The highest BCUT2D eigenvalue weighted by atomic mass is 16.3. The van der Waals surface area contributed by atoms with E-state index in [0.717, 1.165) is 25.7 Å². The lowest BCUT2D eigenvalue weighted by Crippen LogP contribution is -2.09. The molecule has 13 heavy (non-hydrogen) atoms. The maximum absolute atomic E-state index is 9.80. The molecule has 0 saturated carbocycles. The molecule has 0 aromatic heterocycles. The van der Waals surface area contributed by atoms with Gasteiger partial charge in [0.15, 0.2) is 0 Å². The van der Waals surface area contributed by atoms with Gasteiger partial charge in [0, 0.05) is 0 Å². The minimum absolute atomic E-state index is 0.184. The van der Waals surface area contributed by atoms with Crippen LogP contribution in [0.2, 0.25) is 0 Å². The Morgan fingerprint density at radius 1 is 1.23 bits per heavy atom. The SMILES string of the molecule is CC/C=C(\CC)C(O)CCCCC. The Bertz CT molecular complexity index is 138. The van der Waals surface area contributed by atoms with Gasteiger partial charge in [-0.2, -0.15) is 0 Å². The van der Waals surface area contributed by atoms with E-state index < -0.39 is 0 Å². The van der Waals surface area contributed by atoms with Crippen LogP contribution in [0.3, 0.4) is 0 Å². The summed E-state index contributed by atoms with van der Waals surface area (Å²) in [5, 5.41) is 9.80. The van der Waals surface area contributed by atoms with E-state index in [1.54, 1.807) is 0 Å². The molecule has 0 rings (SSSR count). The van der Waals surface area contributed by atoms with Crippen LogP contribution in [0.15, 0.2) is 11.6 Å². The van der Waals surface area contributed by atoms with E-state index in [4.69, 9.17) is 0 Å². The van der Waals surface area contributed by atoms with Crippen LogP contribution in [0, 0.1) is 0 Å². The highest BCUT2D eigenvalue weighted by Crippen LogP contribution is 2.14. The predicted molar refractivity (Wildman–Crippen MR) is 58.8 cm³/mol. The molecule has 0 aromatic rings. The first-order valence-electron chi connectivity index (χ1n) is 5.63. The van der Waals surface area contributed by atoms with Crippen molar-refractivity contribution < 1.29 is 5.11 Å². The summed E-state index contributed by atoms with van der Waals surface area (Å²) in [6, 6.07) is 0. The molecule has 0 saturated heterocycles. The summed E-state index contributed by atoms with van der Waals surface area (Å²) in [4.78, 5) is 0. The number of hydrogen-bond donors (Lipinski definition) is 1. The summed E-state index contributed by atoms with van der Waals surface area (Å²) >= 11 is 0. The maximum atomic E-state index is 9.80. The summed E-state index contributed by atoms with van der Waals surface area (Å²) < 4.78 is 0. The second-order valence-corrected chi connectivity index (χ2v) is 3.55. The Kier molecular flexibility index (Phi) is 8.11. The summed E-state index contributed by atoms with van der Waals surface area (Å²) in [6.07, 6.45) is 8.56. The van der Waals surface area contributed by atoms with Crippen molar-refractivity contribution in [3.63, 3.8) is 0 Å². The first kappa shape index (κ1) is 12.7. The van der Waals surface area contributed by atoms with Crippen molar-refractivity contribution in [3.8, 4) is 0 Å². The van der Waals surface area contributed by atoms with Crippen molar-refractivity contribution in [1.82, 2.24) is 0 Å². The third-order valence-electron chi connectivity index (χ3n) is 2.38. The zero-order valence-corrected chi connectivity index (χ0v) is 9.34. The third kappa shape index (κ3) is 5.87. The summed E-state index contributed by atoms with van der Waals surface area (Å²) in [7, 11) is 0. The molecule has 0 aliphatic heterocycles. The van der Waals surface area contributed by atoms with Crippen LogP contribution >= 0.6 is 0 Å². The molecule has 0 fully saturated rings. The van der Waals surface area contributed by atoms with Crippen LogP contribution < -0.4 is 0 Å². The van der Waals surface area contributed by atoms with Crippen LogP contribution in [0.25, 0.3) is 0 Å². The van der Waals surface area contributed by atoms with Crippen LogP contribution in [-0.2, 0) is 0 Å². The van der Waals surface area contributed by atoms with Gasteiger partial charge < -0.3 is 5.11 Å². The fourth-order valence-electron chi connectivity index (χ4n) is 1.55. The van der Waals surface area contributed by atoms with E-state index in [1.165, 1.54) is 18.4 Å². The highest BCUT2D eigenvalue weighted by Gasteiger charge is 2.07. The maximum Gasteiger partial charge on any atom is 0.0750 e. The third-order valence-corrected chi connectivity index (χ3v) is 2.38. The van der Waals surface area contributed by atoms with Gasteiger partial charge in [0.05, 0.1) is 6.10 Å². The number of allylic oxidation sites excluding steroid dienone is 1. The normalized spacial score (nSPS) is 14.6. The van der Waals surface area contributed by atoms with Crippen LogP contribution in [0.1, 0.15) is 59.3 Å². The Hall–Kier alpha value is -0.300. The molecular weight excluding hydrogens is 160 g/mol. The van der Waals surface area contributed by atoms with E-state index >= 15 is 0 Å². The van der Waals surface area contributed by atoms with Gasteiger partial charge in [-0.15, -0.1) is 0 Å². The number of aliphatic hydroxyl groups excluding tert-OH is 1. The second-order valence-electron chi connectivity index (χ2n) is 3.55. The van der Waals surface area contributed by atoms with Crippen LogP contribution in [-0.4, -0.2) is 11.2 Å². The zero-order valence-electron chi connectivity index (χ0n) is 9.34. The van der Waals surface area contributed by atoms with Gasteiger partial charge in [0.1, 0.15) is 0 Å². The van der Waals surface area contributed by atoms with Crippen molar-refractivity contribution in [1.29, 1.82) is 0 Å². The summed E-state index contributed by atoms with van der Waals surface area (Å²) in [5.74, 6) is 0. The quantitative estimate of drug-likeness (QED) is 0.473. The topological polar surface area (TPSA) is 20.2 Å². The van der Waals surface area contributed by atoms with Crippen LogP contribution in [0.5, 0.6) is 0 Å². The van der Waals surface area contributed by atoms with E-state index in [1.807, 2.05) is 0 Å². The van der Waals surface area contributed by atoms with E-state index in [2.05, 4.69) is 26.8 Å². The standard InChI is InChI=1S/C12H24O/c1-4-7-8-10-12(13)11(6-3)9-5-2/h9,12-13H,4-8,10H2,1-3H3/b11-9+. The van der Waals surface area contributed by atoms with Gasteiger partial charge in [-0.3, -0.25) is 0 Å². The first-order chi connectivity index (χ1) is 6.26. The summed E-state index contributed by atoms with van der Waals surface area (Å²) in [6.45, 7) is 6.42. The van der Waals surface area contributed by atoms with Crippen molar-refractivity contribution >= 4 is 0 Å². The lowest BCUT2D eigenvalue weighted by Gasteiger charge is -2.13. The number of aliphatic hydroxyl groups is 1. The molecule has 0 aromatic carbocycles. The monoisotopic (exact) mass is 184 g/mol. The van der Waals surface area contributed by atoms with Gasteiger partial charge in [-0.1, -0.05) is 46.1 Å². The average molecular weight is 184 g/mol. The van der Waals surface area contributed by atoms with Gasteiger partial charge in [0.2, 0.25) is 0 Å². The highest BCUT2D eigenvalue weighted by molar-refractivity contribution is 5.06. The van der Waals surface area contributed by atoms with Gasteiger partial charge >= 0.3 is 0 Å². The van der Waals surface area contributed by atoms with E-state index in [0.29, 0.717) is 0 Å². The first-order valence-corrected chi connectivity index (χ1v) is 5.63. The molecule has 1 unspecified atom stereocenters. The van der Waals surface area contributed by atoms with Crippen molar-refractivity contribution in [3.05, 3.63) is 11.6 Å². The van der Waals surface area contributed by atoms with Crippen molar-refractivity contribution in [2.75, 3.05) is 0 Å². The Morgan fingerprint density at radius 2 is 1.92 bits per heavy atom. The molecular formula is C12H24O. The molecule has 0 aliphatic carbocycles. The minimum Gasteiger partial charge on any atom is -0.389 e. The van der Waals surface area contributed by atoms with E-state index in [9.17, 15) is 5.11 Å². The molecule has 0 aliphatic rings.